The Balaban J connectivity index is 2.14. The topological polar surface area (TPSA) is 39.2 Å². The standard InChI is InChI=1S/C10H17NOS/c1-8(2)10(11)7-13-6-9-4-3-5-12-9/h3-5,8,10H,6-7,11H2,1-2H3. The summed E-state index contributed by atoms with van der Waals surface area (Å²) in [5.74, 6) is 3.51. The maximum absolute atomic E-state index is 5.90. The molecule has 0 aliphatic heterocycles. The van der Waals surface area contributed by atoms with Crippen LogP contribution < -0.4 is 5.73 Å². The van der Waals surface area contributed by atoms with Gasteiger partial charge in [-0.3, -0.25) is 0 Å². The fourth-order valence-corrected chi connectivity index (χ4v) is 2.02. The molecule has 0 saturated carbocycles. The molecule has 0 aliphatic carbocycles. The second-order valence-electron chi connectivity index (χ2n) is 3.50. The third kappa shape index (κ3) is 3.87. The lowest BCUT2D eigenvalue weighted by Crippen LogP contribution is -2.28. The zero-order valence-electron chi connectivity index (χ0n) is 8.19. The molecule has 0 saturated heterocycles. The predicted molar refractivity (Wildman–Crippen MR) is 57.7 cm³/mol. The van der Waals surface area contributed by atoms with Gasteiger partial charge < -0.3 is 10.2 Å². The van der Waals surface area contributed by atoms with Gasteiger partial charge >= 0.3 is 0 Å². The van der Waals surface area contributed by atoms with E-state index in [4.69, 9.17) is 10.2 Å². The molecule has 1 aromatic heterocycles. The Morgan fingerprint density at radius 1 is 1.54 bits per heavy atom. The van der Waals surface area contributed by atoms with Crippen molar-refractivity contribution in [2.45, 2.75) is 25.6 Å². The smallest absolute Gasteiger partial charge is 0.113 e. The molecule has 13 heavy (non-hydrogen) atoms. The number of nitrogens with two attached hydrogens (primary N) is 1. The van der Waals surface area contributed by atoms with Crippen LogP contribution in [0.3, 0.4) is 0 Å². The van der Waals surface area contributed by atoms with Crippen LogP contribution in [0.15, 0.2) is 22.8 Å². The van der Waals surface area contributed by atoms with E-state index in [-0.39, 0.29) is 0 Å². The van der Waals surface area contributed by atoms with E-state index in [0.29, 0.717) is 12.0 Å². The molecule has 1 rings (SSSR count). The number of furan rings is 1. The van der Waals surface area contributed by atoms with Crippen LogP contribution in [0.25, 0.3) is 0 Å². The summed E-state index contributed by atoms with van der Waals surface area (Å²) in [4.78, 5) is 0. The van der Waals surface area contributed by atoms with Crippen molar-refractivity contribution < 1.29 is 4.42 Å². The minimum atomic E-state index is 0.292. The van der Waals surface area contributed by atoms with Gasteiger partial charge in [0.05, 0.1) is 12.0 Å². The second kappa shape index (κ2) is 5.35. The number of rotatable bonds is 5. The van der Waals surface area contributed by atoms with Gasteiger partial charge in [0.15, 0.2) is 0 Å². The van der Waals surface area contributed by atoms with Gasteiger partial charge in [0.2, 0.25) is 0 Å². The van der Waals surface area contributed by atoms with Gasteiger partial charge in [0.1, 0.15) is 5.76 Å². The molecule has 2 nitrogen and oxygen atoms in total. The first-order valence-corrected chi connectivity index (χ1v) is 5.71. The van der Waals surface area contributed by atoms with E-state index in [0.717, 1.165) is 17.3 Å². The van der Waals surface area contributed by atoms with Crippen LogP contribution in [-0.2, 0) is 5.75 Å². The van der Waals surface area contributed by atoms with E-state index in [9.17, 15) is 0 Å². The molecular weight excluding hydrogens is 182 g/mol. The lowest BCUT2D eigenvalue weighted by Gasteiger charge is -2.14. The predicted octanol–water partition coefficient (Wildman–Crippen LogP) is 2.50. The minimum absolute atomic E-state index is 0.292. The molecule has 0 amide bonds. The van der Waals surface area contributed by atoms with E-state index >= 15 is 0 Å². The molecule has 1 unspecified atom stereocenters. The fourth-order valence-electron chi connectivity index (χ4n) is 0.883. The molecule has 0 spiro atoms. The average Bonchev–Trinajstić information content (AvgIpc) is 2.56. The number of thioether (sulfide) groups is 1. The fraction of sp³-hybridized carbons (Fsp3) is 0.600. The Kier molecular flexibility index (Phi) is 4.39. The van der Waals surface area contributed by atoms with Crippen LogP contribution in [0.1, 0.15) is 19.6 Å². The maximum Gasteiger partial charge on any atom is 0.113 e. The van der Waals surface area contributed by atoms with E-state index in [1.807, 2.05) is 23.9 Å². The Morgan fingerprint density at radius 3 is 2.85 bits per heavy atom. The molecule has 0 fully saturated rings. The molecular formula is C10H17NOS. The Labute approximate surface area is 83.9 Å². The molecule has 1 atom stereocenters. The van der Waals surface area contributed by atoms with Crippen molar-refractivity contribution in [1.82, 2.24) is 0 Å². The number of hydrogen-bond donors (Lipinski definition) is 1. The first-order valence-electron chi connectivity index (χ1n) is 4.56. The van der Waals surface area contributed by atoms with Gasteiger partial charge in [-0.1, -0.05) is 13.8 Å². The molecule has 0 aromatic carbocycles. The summed E-state index contributed by atoms with van der Waals surface area (Å²) in [5.41, 5.74) is 5.90. The van der Waals surface area contributed by atoms with Crippen molar-refractivity contribution >= 4 is 11.8 Å². The summed E-state index contributed by atoms with van der Waals surface area (Å²) in [6.45, 7) is 4.30. The third-order valence-corrected chi connectivity index (χ3v) is 3.10. The lowest BCUT2D eigenvalue weighted by molar-refractivity contribution is 0.526. The van der Waals surface area contributed by atoms with Gasteiger partial charge in [0, 0.05) is 11.8 Å². The van der Waals surface area contributed by atoms with Crippen molar-refractivity contribution in [3.05, 3.63) is 24.2 Å². The Morgan fingerprint density at radius 2 is 2.31 bits per heavy atom. The van der Waals surface area contributed by atoms with Crippen molar-refractivity contribution in [2.24, 2.45) is 11.7 Å². The van der Waals surface area contributed by atoms with Crippen LogP contribution in [0, 0.1) is 5.92 Å². The Bertz CT molecular complexity index is 221. The van der Waals surface area contributed by atoms with Crippen LogP contribution in [0.2, 0.25) is 0 Å². The first-order chi connectivity index (χ1) is 6.20. The van der Waals surface area contributed by atoms with Crippen molar-refractivity contribution in [1.29, 1.82) is 0 Å². The molecule has 0 aliphatic rings. The van der Waals surface area contributed by atoms with Gasteiger partial charge in [-0.2, -0.15) is 11.8 Å². The summed E-state index contributed by atoms with van der Waals surface area (Å²) in [6.07, 6.45) is 1.71. The van der Waals surface area contributed by atoms with Crippen LogP contribution in [0.4, 0.5) is 0 Å². The molecule has 1 heterocycles. The highest BCUT2D eigenvalue weighted by molar-refractivity contribution is 7.98. The monoisotopic (exact) mass is 199 g/mol. The first kappa shape index (κ1) is 10.7. The van der Waals surface area contributed by atoms with Gasteiger partial charge in [-0.05, 0) is 18.1 Å². The number of hydrogen-bond acceptors (Lipinski definition) is 3. The summed E-state index contributed by atoms with van der Waals surface area (Å²) in [7, 11) is 0. The molecule has 74 valence electrons. The van der Waals surface area contributed by atoms with E-state index in [2.05, 4.69) is 13.8 Å². The van der Waals surface area contributed by atoms with Crippen molar-refractivity contribution in [2.75, 3.05) is 5.75 Å². The van der Waals surface area contributed by atoms with Gasteiger partial charge in [-0.15, -0.1) is 0 Å². The normalized spacial score (nSPS) is 13.5. The highest BCUT2D eigenvalue weighted by atomic mass is 32.2. The SMILES string of the molecule is CC(C)C(N)CSCc1ccco1. The highest BCUT2D eigenvalue weighted by Crippen LogP contribution is 2.14. The lowest BCUT2D eigenvalue weighted by atomic mass is 10.1. The summed E-state index contributed by atoms with van der Waals surface area (Å²) < 4.78 is 5.21. The summed E-state index contributed by atoms with van der Waals surface area (Å²) >= 11 is 1.83. The van der Waals surface area contributed by atoms with E-state index < -0.39 is 0 Å². The molecule has 0 bridgehead atoms. The third-order valence-electron chi connectivity index (χ3n) is 1.99. The highest BCUT2D eigenvalue weighted by Gasteiger charge is 2.07. The van der Waals surface area contributed by atoms with Gasteiger partial charge in [0.25, 0.3) is 0 Å². The average molecular weight is 199 g/mol. The second-order valence-corrected chi connectivity index (χ2v) is 4.53. The quantitative estimate of drug-likeness (QED) is 0.792. The zero-order valence-corrected chi connectivity index (χ0v) is 9.01. The Hall–Kier alpha value is -0.410. The largest absolute Gasteiger partial charge is 0.468 e. The summed E-state index contributed by atoms with van der Waals surface area (Å²) in [6, 6.07) is 4.20. The van der Waals surface area contributed by atoms with Crippen LogP contribution >= 0.6 is 11.8 Å². The van der Waals surface area contributed by atoms with E-state index in [1.165, 1.54) is 0 Å². The van der Waals surface area contributed by atoms with Gasteiger partial charge in [-0.25, -0.2) is 0 Å². The van der Waals surface area contributed by atoms with Crippen molar-refractivity contribution in [3.8, 4) is 0 Å². The van der Waals surface area contributed by atoms with Crippen LogP contribution in [-0.4, -0.2) is 11.8 Å². The zero-order chi connectivity index (χ0) is 9.68. The minimum Gasteiger partial charge on any atom is -0.468 e. The van der Waals surface area contributed by atoms with Crippen LogP contribution in [0.5, 0.6) is 0 Å². The van der Waals surface area contributed by atoms with Crippen molar-refractivity contribution in [3.63, 3.8) is 0 Å². The molecule has 0 radical (unpaired) electrons. The molecule has 1 aromatic rings. The molecule has 2 N–H and O–H groups in total. The van der Waals surface area contributed by atoms with E-state index in [1.54, 1.807) is 6.26 Å². The maximum atomic E-state index is 5.90. The summed E-state index contributed by atoms with van der Waals surface area (Å²) in [5, 5.41) is 0. The molecule has 3 heteroatoms.